The third kappa shape index (κ3) is 9.39. The van der Waals surface area contributed by atoms with E-state index in [1.165, 1.54) is 6.26 Å². The second kappa shape index (κ2) is 16.0. The molecule has 0 spiro atoms. The number of pyridine rings is 1. The number of benzene rings is 3. The fourth-order valence-corrected chi connectivity index (χ4v) is 7.20. The van der Waals surface area contributed by atoms with Gasteiger partial charge in [0.25, 0.3) is 5.91 Å². The van der Waals surface area contributed by atoms with Gasteiger partial charge in [0, 0.05) is 68.7 Å². The first-order valence-electron chi connectivity index (χ1n) is 16.5. The van der Waals surface area contributed by atoms with Gasteiger partial charge in [-0.2, -0.15) is 0 Å². The predicted molar refractivity (Wildman–Crippen MR) is 194 cm³/mol. The third-order valence-electron chi connectivity index (χ3n) is 8.70. The molecular formula is C37H40ClN5O6S. The minimum atomic E-state index is -3.10. The Morgan fingerprint density at radius 1 is 0.940 bits per heavy atom. The van der Waals surface area contributed by atoms with Crippen LogP contribution in [0.15, 0.2) is 91.1 Å². The first kappa shape index (κ1) is 35.3. The summed E-state index contributed by atoms with van der Waals surface area (Å²) in [4.78, 5) is 37.4. The number of para-hydroxylation sites is 1. The summed E-state index contributed by atoms with van der Waals surface area (Å²) in [5.41, 5.74) is 3.39. The second-order valence-corrected chi connectivity index (χ2v) is 15.1. The summed E-state index contributed by atoms with van der Waals surface area (Å²) in [6, 6.07) is 25.1. The maximum atomic E-state index is 13.9. The summed E-state index contributed by atoms with van der Waals surface area (Å²) in [6.45, 7) is 4.25. The number of aromatic nitrogens is 1. The molecular weight excluding hydrogens is 678 g/mol. The molecule has 1 aromatic heterocycles. The molecule has 3 aromatic carbocycles. The number of likely N-dealkylation sites (tertiary alicyclic amines) is 1. The van der Waals surface area contributed by atoms with Crippen molar-refractivity contribution in [3.8, 4) is 11.6 Å². The molecule has 2 aliphatic heterocycles. The lowest BCUT2D eigenvalue weighted by Gasteiger charge is -2.38. The number of hydrogen-bond donors (Lipinski definition) is 1. The van der Waals surface area contributed by atoms with Gasteiger partial charge in [-0.15, -0.1) is 0 Å². The zero-order chi connectivity index (χ0) is 35.1. The number of halogens is 1. The summed E-state index contributed by atoms with van der Waals surface area (Å²) >= 11 is 6.43. The van der Waals surface area contributed by atoms with Gasteiger partial charge in [0.1, 0.15) is 5.75 Å². The zero-order valence-corrected chi connectivity index (χ0v) is 29.4. The molecule has 13 heteroatoms. The van der Waals surface area contributed by atoms with Gasteiger partial charge in [-0.3, -0.25) is 14.6 Å². The van der Waals surface area contributed by atoms with E-state index in [-0.39, 0.29) is 23.7 Å². The fourth-order valence-electron chi connectivity index (χ4n) is 6.21. The highest BCUT2D eigenvalue weighted by molar-refractivity contribution is 7.89. The molecule has 6 rings (SSSR count). The summed E-state index contributed by atoms with van der Waals surface area (Å²) < 4.78 is 34.3. The number of carbonyl (C=O) groups excluding carboxylic acids is 2. The number of piperidine rings is 1. The van der Waals surface area contributed by atoms with Crippen LogP contribution in [0.1, 0.15) is 34.3 Å². The van der Waals surface area contributed by atoms with Gasteiger partial charge in [0.2, 0.25) is 5.88 Å². The smallest absolute Gasteiger partial charge is 0.326 e. The molecule has 262 valence electrons. The average Bonchev–Trinajstić information content (AvgIpc) is 3.11. The highest BCUT2D eigenvalue weighted by atomic mass is 35.5. The number of nitrogens with one attached hydrogen (secondary N) is 1. The molecule has 0 radical (unpaired) electrons. The number of anilines is 2. The number of ether oxygens (including phenoxy) is 2. The molecule has 2 fully saturated rings. The first-order chi connectivity index (χ1) is 24.1. The van der Waals surface area contributed by atoms with E-state index < -0.39 is 9.84 Å². The number of amides is 3. The number of urea groups is 1. The van der Waals surface area contributed by atoms with Gasteiger partial charge in [-0.25, -0.2) is 18.2 Å². The van der Waals surface area contributed by atoms with Gasteiger partial charge in [-0.05, 0) is 66.4 Å². The standard InChI is InChI=1S/C37H40ClN5O6S/c1-50(46,47)26-27-7-11-32(12-8-27)49-35-14-9-28(24-39-35)25-41-17-15-31(16-18-41)43(30-5-3-2-4-6-30)37(45)40-29-10-13-34(38)33(23-29)36(44)42-19-21-48-22-20-42/h2-14,23-24,31H,15-22,25-26H2,1H3,(H,40,45). The van der Waals surface area contributed by atoms with Crippen LogP contribution in [0.5, 0.6) is 11.6 Å². The first-order valence-corrected chi connectivity index (χ1v) is 19.0. The minimum absolute atomic E-state index is 0.0155. The lowest BCUT2D eigenvalue weighted by Crippen LogP contribution is -2.49. The topological polar surface area (TPSA) is 121 Å². The summed E-state index contributed by atoms with van der Waals surface area (Å²) in [5.74, 6) is 0.830. The minimum Gasteiger partial charge on any atom is -0.439 e. The number of rotatable bonds is 10. The van der Waals surface area contributed by atoms with Crippen molar-refractivity contribution in [2.45, 2.75) is 31.2 Å². The van der Waals surface area contributed by atoms with Gasteiger partial charge in [0.05, 0.1) is 29.6 Å². The molecule has 3 heterocycles. The second-order valence-electron chi connectivity index (χ2n) is 12.6. The van der Waals surface area contributed by atoms with E-state index in [9.17, 15) is 18.0 Å². The largest absolute Gasteiger partial charge is 0.439 e. The van der Waals surface area contributed by atoms with Crippen LogP contribution in [-0.4, -0.2) is 86.8 Å². The van der Waals surface area contributed by atoms with E-state index in [1.54, 1.807) is 53.6 Å². The maximum absolute atomic E-state index is 13.9. The molecule has 4 aromatic rings. The van der Waals surface area contributed by atoms with Crippen molar-refractivity contribution in [2.75, 3.05) is 55.9 Å². The molecule has 0 unspecified atom stereocenters. The van der Waals surface area contributed by atoms with Gasteiger partial charge < -0.3 is 19.7 Å². The number of carbonyl (C=O) groups is 2. The molecule has 50 heavy (non-hydrogen) atoms. The fraction of sp³-hybridized carbons (Fsp3) is 0.324. The molecule has 0 saturated carbocycles. The monoisotopic (exact) mass is 717 g/mol. The van der Waals surface area contributed by atoms with Crippen LogP contribution in [0.2, 0.25) is 5.02 Å². The van der Waals surface area contributed by atoms with Gasteiger partial charge in [-0.1, -0.05) is 48.0 Å². The third-order valence-corrected chi connectivity index (χ3v) is 9.89. The van der Waals surface area contributed by atoms with Crippen molar-refractivity contribution in [3.63, 3.8) is 0 Å². The zero-order valence-electron chi connectivity index (χ0n) is 27.8. The average molecular weight is 718 g/mol. The summed E-state index contributed by atoms with van der Waals surface area (Å²) in [5, 5.41) is 3.36. The van der Waals surface area contributed by atoms with Crippen molar-refractivity contribution in [1.82, 2.24) is 14.8 Å². The molecule has 1 N–H and O–H groups in total. The van der Waals surface area contributed by atoms with Crippen LogP contribution in [-0.2, 0) is 26.9 Å². The summed E-state index contributed by atoms with van der Waals surface area (Å²) in [6.07, 6.45) is 4.55. The van der Waals surface area contributed by atoms with Crippen molar-refractivity contribution in [1.29, 1.82) is 0 Å². The number of hydrogen-bond acceptors (Lipinski definition) is 8. The maximum Gasteiger partial charge on any atom is 0.326 e. The van der Waals surface area contributed by atoms with Crippen LogP contribution in [0.3, 0.4) is 0 Å². The summed E-state index contributed by atoms with van der Waals surface area (Å²) in [7, 11) is -3.10. The Morgan fingerprint density at radius 2 is 1.64 bits per heavy atom. The molecule has 0 aliphatic carbocycles. The molecule has 11 nitrogen and oxygen atoms in total. The van der Waals surface area contributed by atoms with Gasteiger partial charge in [0.15, 0.2) is 9.84 Å². The number of sulfone groups is 1. The Bertz CT molecular complexity index is 1880. The highest BCUT2D eigenvalue weighted by Crippen LogP contribution is 2.28. The SMILES string of the molecule is CS(=O)(=O)Cc1ccc(Oc2ccc(CN3CCC(N(C(=O)Nc4ccc(Cl)c(C(=O)N5CCOCC5)c4)c4ccccc4)CC3)cn2)cc1. The van der Waals surface area contributed by atoms with Crippen LogP contribution in [0, 0.1) is 0 Å². The lowest BCUT2D eigenvalue weighted by atomic mass is 10.0. The normalized spacial score (nSPS) is 15.8. The lowest BCUT2D eigenvalue weighted by molar-refractivity contribution is 0.0303. The predicted octanol–water partition coefficient (Wildman–Crippen LogP) is 6.25. The number of nitrogens with zero attached hydrogens (tertiary/aromatic N) is 4. The van der Waals surface area contributed by atoms with Crippen molar-refractivity contribution in [2.24, 2.45) is 0 Å². The molecule has 2 saturated heterocycles. The number of morpholine rings is 1. The van der Waals surface area contributed by atoms with E-state index in [2.05, 4.69) is 15.2 Å². The van der Waals surface area contributed by atoms with Crippen molar-refractivity contribution in [3.05, 3.63) is 113 Å². The molecule has 0 bridgehead atoms. The molecule has 3 amide bonds. The van der Waals surface area contributed by atoms with E-state index in [1.807, 2.05) is 47.4 Å². The Labute approximate surface area is 297 Å². The van der Waals surface area contributed by atoms with Crippen molar-refractivity contribution < 1.29 is 27.5 Å². The van der Waals surface area contributed by atoms with Crippen LogP contribution in [0.25, 0.3) is 0 Å². The van der Waals surface area contributed by atoms with Crippen molar-refractivity contribution >= 4 is 44.8 Å². The Balaban J connectivity index is 1.06. The Morgan fingerprint density at radius 3 is 2.30 bits per heavy atom. The molecule has 2 aliphatic rings. The van der Waals surface area contributed by atoms with E-state index in [0.717, 1.165) is 37.2 Å². The van der Waals surface area contributed by atoms with Gasteiger partial charge >= 0.3 is 6.03 Å². The Hall–Kier alpha value is -4.49. The van der Waals surface area contributed by atoms with E-state index in [4.69, 9.17) is 21.1 Å². The van der Waals surface area contributed by atoms with E-state index in [0.29, 0.717) is 66.3 Å². The molecule has 0 atom stereocenters. The van der Waals surface area contributed by atoms with E-state index >= 15 is 0 Å². The van der Waals surface area contributed by atoms with Crippen LogP contribution >= 0.6 is 11.6 Å². The van der Waals surface area contributed by atoms with Crippen LogP contribution in [0.4, 0.5) is 16.2 Å². The van der Waals surface area contributed by atoms with Crippen LogP contribution < -0.4 is 15.0 Å². The highest BCUT2D eigenvalue weighted by Gasteiger charge is 2.30. The quantitative estimate of drug-likeness (QED) is 0.205. The Kier molecular flexibility index (Phi) is 11.3.